The zero-order valence-electron chi connectivity index (χ0n) is 74.3. The van der Waals surface area contributed by atoms with Gasteiger partial charge in [-0.25, -0.2) is 0 Å². The number of phenols is 3. The Kier molecular flexibility index (Phi) is 30.7. The fourth-order valence-corrected chi connectivity index (χ4v) is 19.5. The minimum Gasteiger partial charge on any atom is -0.508 e. The van der Waals surface area contributed by atoms with Crippen LogP contribution in [-0.2, 0) is 63.9 Å². The number of fused-ring (bicyclic) bond motifs is 15. The molecule has 11 aliphatic rings. The second kappa shape index (κ2) is 41.7. The second-order valence-electron chi connectivity index (χ2n) is 36.1. The van der Waals surface area contributed by atoms with E-state index in [1.165, 1.54) is 70.3 Å². The number of nitrogens with two attached hydrogens (primary N) is 1. The molecule has 2 saturated heterocycles. The van der Waals surface area contributed by atoms with Crippen molar-refractivity contribution in [1.82, 2.24) is 58.5 Å². The number of halogens is 1. The molecule has 0 aromatic heterocycles. The fourth-order valence-electron chi connectivity index (χ4n) is 19.2. The van der Waals surface area contributed by atoms with Crippen molar-refractivity contribution in [3.63, 3.8) is 0 Å². The summed E-state index contributed by atoms with van der Waals surface area (Å²) in [6.45, 7) is 13.6. The topological polar surface area (TPSA) is 568 Å². The van der Waals surface area contributed by atoms with Crippen molar-refractivity contribution in [2.24, 2.45) is 35.3 Å². The van der Waals surface area contributed by atoms with E-state index in [9.17, 15) is 55.5 Å². The molecule has 0 unspecified atom stereocenters. The van der Waals surface area contributed by atoms with Crippen LogP contribution >= 0.6 is 11.6 Å². The van der Waals surface area contributed by atoms with Crippen molar-refractivity contribution >= 4 is 64.8 Å². The maximum atomic E-state index is 16.8. The van der Waals surface area contributed by atoms with Gasteiger partial charge in [-0.15, -0.1) is 0 Å². The lowest BCUT2D eigenvalue weighted by molar-refractivity contribution is -0.333. The van der Waals surface area contributed by atoms with Crippen molar-refractivity contribution in [1.29, 1.82) is 0 Å². The Morgan fingerprint density at radius 2 is 1.33 bits per heavy atom. The number of nitrogens with one attached hydrogen (secondary N) is 11. The van der Waals surface area contributed by atoms with Crippen LogP contribution in [0.5, 0.6) is 51.7 Å². The number of amides is 9. The molecule has 6 aromatic rings. The summed E-state index contributed by atoms with van der Waals surface area (Å²) < 4.78 is 51.5. The molecule has 9 amide bonds. The van der Waals surface area contributed by atoms with Gasteiger partial charge in [0.05, 0.1) is 49.5 Å². The van der Waals surface area contributed by atoms with Gasteiger partial charge in [-0.1, -0.05) is 57.5 Å². The highest BCUT2D eigenvalue weighted by Crippen LogP contribution is 2.55. The molecule has 39 heteroatoms. The molecule has 712 valence electrons. The molecule has 15 bridgehead atoms. The molecule has 22 N–H and O–H groups in total. The van der Waals surface area contributed by atoms with Crippen LogP contribution in [0.4, 0.5) is 0 Å². The Bertz CT molecular complexity index is 5270. The number of aliphatic hydroxyl groups is 6. The number of carbonyl (C=O) groups excluding carboxylic acids is 9. The first kappa shape index (κ1) is 97.1. The largest absolute Gasteiger partial charge is 0.508 e. The summed E-state index contributed by atoms with van der Waals surface area (Å²) in [7, 11) is 1.49. The Morgan fingerprint density at radius 3 is 1.98 bits per heavy atom. The molecular weight excluding hydrogens is 1740 g/mol. The molecule has 7 heterocycles. The monoisotopic (exact) mass is 1850 g/mol. The number of aryl methyl sites for hydroxylation is 1. The molecule has 0 spiro atoms. The van der Waals surface area contributed by atoms with Crippen LogP contribution < -0.4 is 83.2 Å². The summed E-state index contributed by atoms with van der Waals surface area (Å²) in [4.78, 5) is 141. The molecule has 17 rings (SSSR count). The van der Waals surface area contributed by atoms with E-state index in [2.05, 4.69) is 58.5 Å². The summed E-state index contributed by atoms with van der Waals surface area (Å²) in [6.07, 6.45) is -14.4. The maximum absolute atomic E-state index is 16.8. The predicted octanol–water partition coefficient (Wildman–Crippen LogP) is 3.20. The Morgan fingerprint density at radius 1 is 0.674 bits per heavy atom. The van der Waals surface area contributed by atoms with Gasteiger partial charge in [0.2, 0.25) is 59.3 Å². The molecule has 38 nitrogen and oxygen atoms in total. The molecule has 4 saturated carbocycles. The van der Waals surface area contributed by atoms with E-state index in [4.69, 9.17) is 55.2 Å². The third kappa shape index (κ3) is 21.8. The minimum atomic E-state index is -2.41. The molecule has 18 atom stereocenters. The lowest BCUT2D eigenvalue weighted by Crippen LogP contribution is -2.64. The number of aliphatic hydroxyl groups excluding tert-OH is 6. The third-order valence-electron chi connectivity index (χ3n) is 25.8. The standard InChI is InChI=1S/C93H117ClN12O26/c1-9-97-17-19-125-40-46-28-53(30-55(29-46)126-20-18-98-10-2)84(117)100-68(111)37-60-86(119)102-73-52-33-65(128-63-15-12-48(22-42(63)5)77(112)75(90(123)99-60)105-85(118)59(96-8)21-41(3)4)81(132-92-82(80(115)79(114)67(39-107)130-92)131-69-38-93(7,95)83(116)43(6)127-69)66(34-52)129-64-16-13-49(32-58(64)94)78(113)76-91(124)104-74(89(122)101-71-50-24-44-23-45(26-50)27-51(71)25-44)57-35-54(108)36-62(110)70(57)56-31-47(11-14-61(56)109)72(87(120)106-76)103-88(73)121/h11-16,22,28-36,41,43-45,50-51,59-60,67,69,71-80,82-83,92,96-98,107-110,112-116H,9-10,17-21,23-27,37-40,95H2,1-8H3,(H,99,123)(H,101,122)(H,102,119)(H,103,121)(H,104,124)(H,105,118)(H,106,120)(H,100,111,117)/t43-,44?,45?,50?,51?,59+,60-,67+,69-,71?,72+,73+,74-,75+,76-,77+,78+,79+,80-,82+,83+,92-,93-/m0/s1. The Labute approximate surface area is 766 Å². The van der Waals surface area contributed by atoms with Gasteiger partial charge in [-0.3, -0.25) is 48.5 Å². The highest BCUT2D eigenvalue weighted by Gasteiger charge is 2.53. The Balaban J connectivity index is 0.958. The van der Waals surface area contributed by atoms with Gasteiger partial charge in [-0.05, 0) is 221 Å². The third-order valence-corrected chi connectivity index (χ3v) is 26.1. The summed E-state index contributed by atoms with van der Waals surface area (Å²) >= 11 is 7.34. The van der Waals surface area contributed by atoms with Crippen LogP contribution in [0.2, 0.25) is 5.02 Å². The average Bonchev–Trinajstić information content (AvgIpc) is 0.827. The van der Waals surface area contributed by atoms with Crippen molar-refractivity contribution < 1.29 is 127 Å². The van der Waals surface area contributed by atoms with E-state index in [1.807, 2.05) is 27.7 Å². The smallest absolute Gasteiger partial charge is 0.257 e. The van der Waals surface area contributed by atoms with Crippen molar-refractivity contribution in [3.05, 3.63) is 147 Å². The first-order chi connectivity index (χ1) is 63.0. The molecule has 4 aliphatic carbocycles. The van der Waals surface area contributed by atoms with Crippen LogP contribution in [0.15, 0.2) is 97.1 Å². The van der Waals surface area contributed by atoms with Crippen molar-refractivity contribution in [2.75, 3.05) is 53.0 Å². The molecular formula is C93H117ClN12O26. The van der Waals surface area contributed by atoms with E-state index in [1.54, 1.807) is 6.07 Å². The molecule has 0 radical (unpaired) electrons. The van der Waals surface area contributed by atoms with E-state index in [-0.39, 0.29) is 112 Å². The Hall–Kier alpha value is -10.9. The molecule has 6 aromatic carbocycles. The first-order valence-corrected chi connectivity index (χ1v) is 45.0. The molecule has 132 heavy (non-hydrogen) atoms. The van der Waals surface area contributed by atoms with Gasteiger partial charge in [0.25, 0.3) is 5.91 Å². The second-order valence-corrected chi connectivity index (χ2v) is 36.5. The zero-order chi connectivity index (χ0) is 94.6. The van der Waals surface area contributed by atoms with Gasteiger partial charge in [-0.2, -0.15) is 0 Å². The number of carbonyl (C=O) groups is 9. The number of phenolic OH excluding ortho intramolecular Hbond substituents is 3. The first-order valence-electron chi connectivity index (χ1n) is 44.6. The molecule has 7 aliphatic heterocycles. The number of ether oxygens (including phenoxy) is 8. The molecule has 6 fully saturated rings. The number of aromatic hydroxyl groups is 3. The van der Waals surface area contributed by atoms with Crippen LogP contribution in [0.3, 0.4) is 0 Å². The summed E-state index contributed by atoms with van der Waals surface area (Å²) in [5.74, 6) is -14.1. The lowest BCUT2D eigenvalue weighted by Gasteiger charge is -2.54. The lowest BCUT2D eigenvalue weighted by atomic mass is 9.54. The fraction of sp³-hybridized carbons (Fsp3) is 0.516. The quantitative estimate of drug-likeness (QED) is 0.0347. The van der Waals surface area contributed by atoms with E-state index in [0.717, 1.165) is 80.6 Å². The normalized spacial score (nSPS) is 29.4. The van der Waals surface area contributed by atoms with Crippen LogP contribution in [-0.4, -0.2) is 237 Å². The van der Waals surface area contributed by atoms with Gasteiger partial charge in [0.15, 0.2) is 23.9 Å². The minimum absolute atomic E-state index is 0.0243. The van der Waals surface area contributed by atoms with Crippen molar-refractivity contribution in [2.45, 2.75) is 222 Å². The SMILES string of the molecule is CCNCCOCc1cc(OCCNCC)cc(C(=O)NC(=O)C[C@@H]2NC(=O)[C@H](NC(=O)[C@@H](CC(C)C)NC)[C@H](O)c3ccc(c(C)c3)Oc3cc4cc(c3O[C@@H]3O[C@H](CO)[C@@H](O)[C@H](O)[C@H]3O[C@H]3C[C@](C)(N)[C@H](O)[C@H](C)O3)Oc3ccc(cc3Cl)[C@@H](O)[C@@H]3NC(=O)[C@H](NC(=O)[C@@H]4NC2=O)c2ccc(O)c(c2)-c2c(O)cc(O)cc2[C@@H](C(=O)NC2C4CC5CC(C4)CC2C5)NC3=O)c1. The number of benzene rings is 6. The van der Waals surface area contributed by atoms with Gasteiger partial charge in [0, 0.05) is 53.8 Å². The number of imide groups is 1. The summed E-state index contributed by atoms with van der Waals surface area (Å²) in [6, 6.07) is 4.97. The van der Waals surface area contributed by atoms with E-state index in [0.29, 0.717) is 43.6 Å². The average molecular weight is 1850 g/mol. The van der Waals surface area contributed by atoms with Crippen molar-refractivity contribution in [3.8, 4) is 62.9 Å². The number of likely N-dealkylation sites (N-methyl/N-ethyl adjacent to an activating group) is 3. The van der Waals surface area contributed by atoms with E-state index >= 15 is 33.6 Å². The van der Waals surface area contributed by atoms with E-state index < -0.39 is 227 Å². The number of rotatable bonds is 26. The van der Waals surface area contributed by atoms with Crippen LogP contribution in [0, 0.1) is 36.5 Å². The van der Waals surface area contributed by atoms with Crippen LogP contribution in [0.25, 0.3) is 11.1 Å². The van der Waals surface area contributed by atoms with Crippen LogP contribution in [0.1, 0.15) is 173 Å². The van der Waals surface area contributed by atoms with Gasteiger partial charge in [0.1, 0.15) is 108 Å². The summed E-state index contributed by atoms with van der Waals surface area (Å²) in [5, 5.41) is 138. The zero-order valence-corrected chi connectivity index (χ0v) is 75.0. The van der Waals surface area contributed by atoms with Gasteiger partial charge < -0.3 is 143 Å². The highest BCUT2D eigenvalue weighted by atomic mass is 35.5. The highest BCUT2D eigenvalue weighted by molar-refractivity contribution is 6.32. The number of hydrogen-bond donors (Lipinski definition) is 21. The maximum Gasteiger partial charge on any atom is 0.257 e. The predicted molar refractivity (Wildman–Crippen MR) is 472 cm³/mol. The van der Waals surface area contributed by atoms with Gasteiger partial charge >= 0.3 is 0 Å². The number of hydrogen-bond acceptors (Lipinski definition) is 30. The summed E-state index contributed by atoms with van der Waals surface area (Å²) in [5.41, 5.74) is 3.58.